The zero-order chi connectivity index (χ0) is 41.6. The molecule has 10 rings (SSSR count). The molecule has 0 bridgehead atoms. The molecule has 0 spiro atoms. The van der Waals surface area contributed by atoms with Gasteiger partial charge in [0.1, 0.15) is 0 Å². The predicted molar refractivity (Wildman–Crippen MR) is 255 cm³/mol. The number of rotatable bonds is 5. The molecular weight excluding hydrogens is 721 g/mol. The Morgan fingerprint density at radius 2 is 0.733 bits per heavy atom. The van der Waals surface area contributed by atoms with E-state index < -0.39 is 5.41 Å². The molecule has 0 aromatic heterocycles. The van der Waals surface area contributed by atoms with Gasteiger partial charge in [0.15, 0.2) is 0 Å². The molecule has 8 aromatic carbocycles. The highest BCUT2D eigenvalue weighted by molar-refractivity contribution is 5.93. The molecule has 0 radical (unpaired) electrons. The van der Waals surface area contributed by atoms with E-state index in [-0.39, 0.29) is 16.2 Å². The Morgan fingerprint density at radius 1 is 0.317 bits per heavy atom. The summed E-state index contributed by atoms with van der Waals surface area (Å²) in [6.07, 6.45) is 0. The first-order valence-electron chi connectivity index (χ1n) is 21.7. The maximum atomic E-state index is 2.48. The lowest BCUT2D eigenvalue weighted by Crippen LogP contribution is -2.28. The van der Waals surface area contributed by atoms with E-state index in [1.807, 2.05) is 0 Å². The molecule has 294 valence electrons. The van der Waals surface area contributed by atoms with E-state index in [1.165, 1.54) is 100 Å². The monoisotopic (exact) mass is 774 g/mol. The summed E-state index contributed by atoms with van der Waals surface area (Å²) in [4.78, 5) is 0. The van der Waals surface area contributed by atoms with E-state index >= 15 is 0 Å². The third-order valence-electron chi connectivity index (χ3n) is 13.7. The molecule has 2 aliphatic rings. The van der Waals surface area contributed by atoms with Crippen molar-refractivity contribution >= 4 is 0 Å². The second-order valence-corrected chi connectivity index (χ2v) is 19.8. The van der Waals surface area contributed by atoms with Crippen molar-refractivity contribution in [2.45, 2.75) is 77.0 Å². The largest absolute Gasteiger partial charge is 0.0713 e. The van der Waals surface area contributed by atoms with Gasteiger partial charge in [-0.15, -0.1) is 0 Å². The van der Waals surface area contributed by atoms with Crippen molar-refractivity contribution in [1.29, 1.82) is 0 Å². The van der Waals surface area contributed by atoms with Gasteiger partial charge in [-0.1, -0.05) is 219 Å². The highest BCUT2D eigenvalue weighted by Crippen LogP contribution is 2.57. The Bertz CT molecular complexity index is 2900. The lowest BCUT2D eigenvalue weighted by atomic mass is 9.67. The van der Waals surface area contributed by atoms with Crippen LogP contribution in [0.1, 0.15) is 99.9 Å². The van der Waals surface area contributed by atoms with Gasteiger partial charge in [0.25, 0.3) is 0 Å². The molecule has 0 N–H and O–H groups in total. The molecule has 0 nitrogen and oxygen atoms in total. The fourth-order valence-electron chi connectivity index (χ4n) is 10.4. The molecule has 0 fully saturated rings. The minimum atomic E-state index is -0.527. The van der Waals surface area contributed by atoms with Crippen LogP contribution in [-0.2, 0) is 21.7 Å². The minimum Gasteiger partial charge on any atom is -0.0619 e. The minimum absolute atomic E-state index is 0.0254. The van der Waals surface area contributed by atoms with Crippen molar-refractivity contribution in [3.05, 3.63) is 226 Å². The Hall–Kier alpha value is -6.24. The van der Waals surface area contributed by atoms with E-state index in [9.17, 15) is 0 Å². The number of fused-ring (bicyclic) bond motifs is 6. The fourth-order valence-corrected chi connectivity index (χ4v) is 10.4. The summed E-state index contributed by atoms with van der Waals surface area (Å²) in [5, 5.41) is 0. The van der Waals surface area contributed by atoms with Gasteiger partial charge in [-0.25, -0.2) is 0 Å². The number of hydrogen-bond donors (Lipinski definition) is 0. The average Bonchev–Trinajstić information content (AvgIpc) is 3.69. The predicted octanol–water partition coefficient (Wildman–Crippen LogP) is 16.0. The van der Waals surface area contributed by atoms with Crippen molar-refractivity contribution in [3.63, 3.8) is 0 Å². The molecule has 0 atom stereocenters. The normalized spacial score (nSPS) is 14.6. The molecule has 0 aliphatic heterocycles. The lowest BCUT2D eigenvalue weighted by molar-refractivity contribution is 0.569. The smallest absolute Gasteiger partial charge is 0.0619 e. The molecule has 0 saturated carbocycles. The SMILES string of the molecule is CC(C)(C)c1cc(-c2cccc(C3(c4cccc(-c5cccc(-c6cccc7c6-c6ccccc6C7(C)C)c5)c4)c4ccccc4-c4ccccc43)c2)cc(C(C)(C)C)c1. The molecule has 0 saturated heterocycles. The van der Waals surface area contributed by atoms with Crippen LogP contribution in [-0.4, -0.2) is 0 Å². The van der Waals surface area contributed by atoms with Gasteiger partial charge in [-0.2, -0.15) is 0 Å². The fraction of sp³-hybridized carbons (Fsp3) is 0.200. The van der Waals surface area contributed by atoms with E-state index in [2.05, 4.69) is 237 Å². The van der Waals surface area contributed by atoms with Crippen LogP contribution in [0.15, 0.2) is 182 Å². The van der Waals surface area contributed by atoms with Crippen molar-refractivity contribution in [3.8, 4) is 55.6 Å². The van der Waals surface area contributed by atoms with Gasteiger partial charge in [-0.3, -0.25) is 0 Å². The zero-order valence-corrected chi connectivity index (χ0v) is 36.3. The molecule has 0 heteroatoms. The second-order valence-electron chi connectivity index (χ2n) is 19.8. The lowest BCUT2D eigenvalue weighted by Gasteiger charge is -2.34. The van der Waals surface area contributed by atoms with Gasteiger partial charge in [0.05, 0.1) is 5.41 Å². The maximum Gasteiger partial charge on any atom is 0.0713 e. The van der Waals surface area contributed by atoms with Gasteiger partial charge < -0.3 is 0 Å². The topological polar surface area (TPSA) is 0 Å². The van der Waals surface area contributed by atoms with Crippen LogP contribution in [0.4, 0.5) is 0 Å². The van der Waals surface area contributed by atoms with Crippen molar-refractivity contribution in [2.24, 2.45) is 0 Å². The summed E-state index contributed by atoms with van der Waals surface area (Å²) in [5.74, 6) is 0. The van der Waals surface area contributed by atoms with Crippen molar-refractivity contribution in [1.82, 2.24) is 0 Å². The third-order valence-corrected chi connectivity index (χ3v) is 13.7. The van der Waals surface area contributed by atoms with E-state index in [4.69, 9.17) is 0 Å². The van der Waals surface area contributed by atoms with Gasteiger partial charge in [-0.05, 0) is 129 Å². The first-order chi connectivity index (χ1) is 28.8. The van der Waals surface area contributed by atoms with Crippen LogP contribution in [0.25, 0.3) is 55.6 Å². The molecular formula is C60H54. The third kappa shape index (κ3) is 5.87. The van der Waals surface area contributed by atoms with Crippen LogP contribution >= 0.6 is 0 Å². The van der Waals surface area contributed by atoms with Crippen LogP contribution in [0.5, 0.6) is 0 Å². The van der Waals surface area contributed by atoms with Crippen LogP contribution in [0.2, 0.25) is 0 Å². The number of hydrogen-bond acceptors (Lipinski definition) is 0. The summed E-state index contributed by atoms with van der Waals surface area (Å²) in [5.41, 5.74) is 23.0. The maximum absolute atomic E-state index is 2.48. The molecule has 2 aliphatic carbocycles. The van der Waals surface area contributed by atoms with Crippen LogP contribution < -0.4 is 0 Å². The molecule has 0 unspecified atom stereocenters. The molecule has 0 heterocycles. The molecule has 60 heavy (non-hydrogen) atoms. The summed E-state index contributed by atoms with van der Waals surface area (Å²) in [6, 6.07) is 69.3. The van der Waals surface area contributed by atoms with Crippen LogP contribution in [0.3, 0.4) is 0 Å². The summed E-state index contributed by atoms with van der Waals surface area (Å²) in [7, 11) is 0. The highest BCUT2D eigenvalue weighted by Gasteiger charge is 2.46. The molecule has 0 amide bonds. The first-order valence-corrected chi connectivity index (χ1v) is 21.7. The average molecular weight is 775 g/mol. The standard InChI is InChI=1S/C60H54/c1-57(2,3)46-36-43(37-47(38-46)58(4,5)6)41-21-17-24-45(35-41)60(53-30-13-9-25-49(53)50-26-10-14-31-54(50)60)44-23-16-20-40(34-44)39-19-15-22-42(33-39)48-28-18-32-55-56(48)51-27-11-12-29-52(51)59(55,7)8/h9-38H,1-8H3. The van der Waals surface area contributed by atoms with Gasteiger partial charge in [0.2, 0.25) is 0 Å². The van der Waals surface area contributed by atoms with E-state index in [0.717, 1.165) is 0 Å². The quantitative estimate of drug-likeness (QED) is 0.163. The van der Waals surface area contributed by atoms with Crippen molar-refractivity contribution < 1.29 is 0 Å². The first kappa shape index (κ1) is 38.0. The van der Waals surface area contributed by atoms with Gasteiger partial charge in [0, 0.05) is 5.41 Å². The number of benzene rings is 8. The summed E-state index contributed by atoms with van der Waals surface area (Å²) >= 11 is 0. The summed E-state index contributed by atoms with van der Waals surface area (Å²) < 4.78 is 0. The van der Waals surface area contributed by atoms with E-state index in [0.29, 0.717) is 0 Å². The Labute approximate surface area is 357 Å². The second kappa shape index (κ2) is 13.7. The van der Waals surface area contributed by atoms with Crippen LogP contribution in [0, 0.1) is 0 Å². The van der Waals surface area contributed by atoms with E-state index in [1.54, 1.807) is 0 Å². The Balaban J connectivity index is 1.16. The Kier molecular flexibility index (Phi) is 8.64. The summed E-state index contributed by atoms with van der Waals surface area (Å²) in [6.45, 7) is 18.7. The zero-order valence-electron chi connectivity index (χ0n) is 36.3. The van der Waals surface area contributed by atoms with Gasteiger partial charge >= 0.3 is 0 Å². The highest BCUT2D eigenvalue weighted by atomic mass is 14.5. The molecule has 8 aromatic rings. The Morgan fingerprint density at radius 3 is 1.30 bits per heavy atom. The van der Waals surface area contributed by atoms with Crippen molar-refractivity contribution in [2.75, 3.05) is 0 Å².